The Bertz CT molecular complexity index is 633. The monoisotopic (exact) mass is 296 g/mol. The van der Waals surface area contributed by atoms with Crippen LogP contribution < -0.4 is 0 Å². The highest BCUT2D eigenvalue weighted by Gasteiger charge is 2.18. The molecule has 2 aliphatic carbocycles. The molecule has 0 amide bonds. The Kier molecular flexibility index (Phi) is 5.54. The van der Waals surface area contributed by atoms with Crippen molar-refractivity contribution in [2.45, 2.75) is 46.0 Å². The molecule has 0 aromatic heterocycles. The van der Waals surface area contributed by atoms with Gasteiger partial charge < -0.3 is 0 Å². The summed E-state index contributed by atoms with van der Waals surface area (Å²) in [5.74, 6) is -0.135. The van der Waals surface area contributed by atoms with Crippen molar-refractivity contribution in [1.29, 1.82) is 0 Å². The van der Waals surface area contributed by atoms with Gasteiger partial charge in [-0.15, -0.1) is 0 Å². The highest BCUT2D eigenvalue weighted by atomic mass is 19.1. The molecule has 0 aromatic carbocycles. The Morgan fingerprint density at radius 1 is 1.09 bits per heavy atom. The maximum Gasteiger partial charge on any atom is 0.127 e. The van der Waals surface area contributed by atoms with E-state index in [0.29, 0.717) is 0 Å². The highest BCUT2D eigenvalue weighted by molar-refractivity contribution is 5.50. The van der Waals surface area contributed by atoms with Crippen LogP contribution in [0.25, 0.3) is 0 Å². The predicted molar refractivity (Wildman–Crippen MR) is 94.2 cm³/mol. The van der Waals surface area contributed by atoms with Gasteiger partial charge in [-0.05, 0) is 67.4 Å². The molecule has 0 spiro atoms. The zero-order valence-corrected chi connectivity index (χ0v) is 13.7. The van der Waals surface area contributed by atoms with Crippen molar-refractivity contribution in [1.82, 2.24) is 0 Å². The molecule has 0 aromatic rings. The van der Waals surface area contributed by atoms with Crippen LogP contribution in [0.15, 0.2) is 82.8 Å². The second-order valence-corrected chi connectivity index (χ2v) is 6.07. The lowest BCUT2D eigenvalue weighted by Crippen LogP contribution is -2.03. The van der Waals surface area contributed by atoms with Crippen LogP contribution >= 0.6 is 0 Å². The van der Waals surface area contributed by atoms with Gasteiger partial charge in [-0.25, -0.2) is 4.39 Å². The second kappa shape index (κ2) is 7.40. The zero-order valence-electron chi connectivity index (χ0n) is 13.7. The van der Waals surface area contributed by atoms with Gasteiger partial charge in [0.25, 0.3) is 0 Å². The molecule has 0 N–H and O–H groups in total. The van der Waals surface area contributed by atoms with Crippen molar-refractivity contribution in [2.24, 2.45) is 0 Å². The molecule has 22 heavy (non-hydrogen) atoms. The van der Waals surface area contributed by atoms with Gasteiger partial charge in [0.1, 0.15) is 5.83 Å². The number of allylic oxidation sites excluding steroid dienone is 12. The topological polar surface area (TPSA) is 0 Å². The normalized spacial score (nSPS) is 19.0. The van der Waals surface area contributed by atoms with Crippen LogP contribution in [0.5, 0.6) is 0 Å². The Hall–Kier alpha value is -1.89. The summed E-state index contributed by atoms with van der Waals surface area (Å²) in [7, 11) is 0. The molecule has 0 aliphatic heterocycles. The van der Waals surface area contributed by atoms with Gasteiger partial charge in [0.05, 0.1) is 0 Å². The third-order valence-electron chi connectivity index (χ3n) is 4.29. The molecule has 0 unspecified atom stereocenters. The molecular weight excluding hydrogens is 271 g/mol. The van der Waals surface area contributed by atoms with E-state index >= 15 is 0 Å². The second-order valence-electron chi connectivity index (χ2n) is 6.07. The predicted octanol–water partition coefficient (Wildman–Crippen LogP) is 6.68. The number of halogens is 1. The minimum absolute atomic E-state index is 0.135. The molecule has 2 rings (SSSR count). The average molecular weight is 296 g/mol. The fourth-order valence-corrected chi connectivity index (χ4v) is 2.84. The largest absolute Gasteiger partial charge is 0.207 e. The molecular formula is C21H25F. The van der Waals surface area contributed by atoms with E-state index in [1.807, 2.05) is 19.1 Å². The van der Waals surface area contributed by atoms with Gasteiger partial charge in [0.15, 0.2) is 0 Å². The van der Waals surface area contributed by atoms with E-state index in [9.17, 15) is 4.39 Å². The third kappa shape index (κ3) is 4.07. The summed E-state index contributed by atoms with van der Waals surface area (Å²) in [6, 6.07) is 0. The van der Waals surface area contributed by atoms with E-state index in [4.69, 9.17) is 0 Å². The van der Waals surface area contributed by atoms with Crippen molar-refractivity contribution in [3.05, 3.63) is 82.8 Å². The summed E-state index contributed by atoms with van der Waals surface area (Å²) >= 11 is 0. The first-order chi connectivity index (χ1) is 10.5. The SMILES string of the molecule is C=C(C)/C=C\C(=C)C1=C(F)C=C(C2=CC=C(CC)CC2)CC1. The van der Waals surface area contributed by atoms with Crippen molar-refractivity contribution >= 4 is 0 Å². The van der Waals surface area contributed by atoms with Crippen LogP contribution in [0, 0.1) is 0 Å². The summed E-state index contributed by atoms with van der Waals surface area (Å²) < 4.78 is 14.4. The lowest BCUT2D eigenvalue weighted by molar-refractivity contribution is 0.634. The smallest absolute Gasteiger partial charge is 0.127 e. The molecule has 1 heteroatoms. The van der Waals surface area contributed by atoms with Gasteiger partial charge in [0, 0.05) is 0 Å². The fraction of sp³-hybridized carbons (Fsp3) is 0.333. The molecule has 0 saturated carbocycles. The van der Waals surface area contributed by atoms with E-state index in [2.05, 4.69) is 32.2 Å². The third-order valence-corrected chi connectivity index (χ3v) is 4.29. The number of rotatable bonds is 5. The summed E-state index contributed by atoms with van der Waals surface area (Å²) in [6.45, 7) is 11.9. The van der Waals surface area contributed by atoms with E-state index in [1.165, 1.54) is 11.1 Å². The molecule has 0 saturated heterocycles. The minimum Gasteiger partial charge on any atom is -0.207 e. The van der Waals surface area contributed by atoms with Crippen molar-refractivity contribution in [3.8, 4) is 0 Å². The molecule has 116 valence electrons. The van der Waals surface area contributed by atoms with Crippen molar-refractivity contribution in [2.75, 3.05) is 0 Å². The fourth-order valence-electron chi connectivity index (χ4n) is 2.84. The Morgan fingerprint density at radius 2 is 1.82 bits per heavy atom. The minimum atomic E-state index is -0.135. The lowest BCUT2D eigenvalue weighted by atomic mass is 9.85. The standard InChI is InChI=1S/C21H25F/c1-5-17-8-10-18(11-9-17)19-12-13-20(21(22)14-19)16(4)7-6-15(2)3/h6-8,10,14H,2,4-5,9,11-13H2,1,3H3/b7-6-. The zero-order chi connectivity index (χ0) is 16.1. The van der Waals surface area contributed by atoms with Crippen LogP contribution in [-0.2, 0) is 0 Å². The summed E-state index contributed by atoms with van der Waals surface area (Å²) in [5.41, 5.74) is 6.33. The van der Waals surface area contributed by atoms with Crippen LogP contribution in [-0.4, -0.2) is 0 Å². The first kappa shape index (κ1) is 16.5. The Balaban J connectivity index is 2.18. The summed E-state index contributed by atoms with van der Waals surface area (Å²) in [5, 5.41) is 0. The van der Waals surface area contributed by atoms with Gasteiger partial charge in [-0.3, -0.25) is 0 Å². The first-order valence-corrected chi connectivity index (χ1v) is 8.02. The van der Waals surface area contributed by atoms with Gasteiger partial charge in [-0.1, -0.05) is 55.5 Å². The van der Waals surface area contributed by atoms with Gasteiger partial charge >= 0.3 is 0 Å². The van der Waals surface area contributed by atoms with Crippen LogP contribution in [0.2, 0.25) is 0 Å². The molecule has 0 radical (unpaired) electrons. The average Bonchev–Trinajstić information content (AvgIpc) is 2.52. The number of hydrogen-bond donors (Lipinski definition) is 0. The Labute approximate surface area is 133 Å². The quantitative estimate of drug-likeness (QED) is 0.497. The molecule has 0 heterocycles. The van der Waals surface area contributed by atoms with Crippen LogP contribution in [0.4, 0.5) is 4.39 Å². The molecule has 2 aliphatic rings. The number of hydrogen-bond acceptors (Lipinski definition) is 0. The summed E-state index contributed by atoms with van der Waals surface area (Å²) in [6.07, 6.45) is 14.7. The maximum atomic E-state index is 14.4. The molecule has 0 fully saturated rings. The van der Waals surface area contributed by atoms with Crippen molar-refractivity contribution < 1.29 is 4.39 Å². The van der Waals surface area contributed by atoms with Crippen molar-refractivity contribution in [3.63, 3.8) is 0 Å². The van der Waals surface area contributed by atoms with E-state index in [0.717, 1.165) is 54.4 Å². The van der Waals surface area contributed by atoms with Gasteiger partial charge in [-0.2, -0.15) is 0 Å². The van der Waals surface area contributed by atoms with Crippen LogP contribution in [0.3, 0.4) is 0 Å². The van der Waals surface area contributed by atoms with E-state index < -0.39 is 0 Å². The Morgan fingerprint density at radius 3 is 2.36 bits per heavy atom. The molecule has 0 bridgehead atoms. The highest BCUT2D eigenvalue weighted by Crippen LogP contribution is 2.36. The lowest BCUT2D eigenvalue weighted by Gasteiger charge is -2.21. The van der Waals surface area contributed by atoms with Gasteiger partial charge in [0.2, 0.25) is 0 Å². The van der Waals surface area contributed by atoms with Crippen LogP contribution in [0.1, 0.15) is 46.0 Å². The molecule has 0 atom stereocenters. The first-order valence-electron chi connectivity index (χ1n) is 8.02. The van der Waals surface area contributed by atoms with E-state index in [1.54, 1.807) is 6.08 Å². The summed E-state index contributed by atoms with van der Waals surface area (Å²) in [4.78, 5) is 0. The maximum absolute atomic E-state index is 14.4. The molecule has 0 nitrogen and oxygen atoms in total. The van der Waals surface area contributed by atoms with E-state index in [-0.39, 0.29) is 5.83 Å².